The second-order valence-corrected chi connectivity index (χ2v) is 5.96. The lowest BCUT2D eigenvalue weighted by Gasteiger charge is -2.27. The van der Waals surface area contributed by atoms with Crippen molar-refractivity contribution < 1.29 is 0 Å². The predicted molar refractivity (Wildman–Crippen MR) is 74.8 cm³/mol. The first-order valence-electron chi connectivity index (χ1n) is 7.22. The standard InChI is InChI=1S/C15H33N/c1-7-8-9-10-14(6)16-11-15(12(2)3)13(4)5/h12-16H,7-11H2,1-6H3. The molecule has 1 heteroatoms. The van der Waals surface area contributed by atoms with Crippen LogP contribution in [0.2, 0.25) is 0 Å². The third-order valence-electron chi connectivity index (χ3n) is 3.66. The molecule has 0 spiro atoms. The summed E-state index contributed by atoms with van der Waals surface area (Å²) in [6.45, 7) is 15.1. The fourth-order valence-corrected chi connectivity index (χ4v) is 2.38. The van der Waals surface area contributed by atoms with Gasteiger partial charge in [-0.15, -0.1) is 0 Å². The fraction of sp³-hybridized carbons (Fsp3) is 1.00. The van der Waals surface area contributed by atoms with Gasteiger partial charge in [-0.25, -0.2) is 0 Å². The normalized spacial score (nSPS) is 14.1. The summed E-state index contributed by atoms with van der Waals surface area (Å²) < 4.78 is 0. The zero-order chi connectivity index (χ0) is 12.6. The molecule has 0 heterocycles. The van der Waals surface area contributed by atoms with E-state index in [1.807, 2.05) is 0 Å². The quantitative estimate of drug-likeness (QED) is 0.573. The summed E-state index contributed by atoms with van der Waals surface area (Å²) in [4.78, 5) is 0. The van der Waals surface area contributed by atoms with E-state index < -0.39 is 0 Å². The Morgan fingerprint density at radius 2 is 1.44 bits per heavy atom. The molecular formula is C15H33N. The van der Waals surface area contributed by atoms with Crippen molar-refractivity contribution in [3.63, 3.8) is 0 Å². The number of rotatable bonds is 9. The summed E-state index contributed by atoms with van der Waals surface area (Å²) in [7, 11) is 0. The monoisotopic (exact) mass is 227 g/mol. The van der Waals surface area contributed by atoms with Crippen molar-refractivity contribution in [1.82, 2.24) is 5.32 Å². The van der Waals surface area contributed by atoms with Crippen LogP contribution >= 0.6 is 0 Å². The minimum Gasteiger partial charge on any atom is -0.314 e. The van der Waals surface area contributed by atoms with E-state index in [2.05, 4.69) is 46.9 Å². The molecule has 98 valence electrons. The highest BCUT2D eigenvalue weighted by Gasteiger charge is 2.17. The minimum atomic E-state index is 0.687. The molecule has 0 aliphatic heterocycles. The summed E-state index contributed by atoms with van der Waals surface area (Å²) in [6, 6.07) is 0.687. The second-order valence-electron chi connectivity index (χ2n) is 5.96. The average molecular weight is 227 g/mol. The molecule has 1 N–H and O–H groups in total. The molecule has 0 aliphatic carbocycles. The van der Waals surface area contributed by atoms with Crippen LogP contribution in [0.1, 0.15) is 67.2 Å². The summed E-state index contributed by atoms with van der Waals surface area (Å²) >= 11 is 0. The van der Waals surface area contributed by atoms with Crippen LogP contribution in [0.15, 0.2) is 0 Å². The lowest BCUT2D eigenvalue weighted by atomic mass is 9.85. The third kappa shape index (κ3) is 7.27. The van der Waals surface area contributed by atoms with Gasteiger partial charge in [0.15, 0.2) is 0 Å². The molecule has 0 saturated heterocycles. The van der Waals surface area contributed by atoms with Crippen molar-refractivity contribution in [3.05, 3.63) is 0 Å². The largest absolute Gasteiger partial charge is 0.314 e. The smallest absolute Gasteiger partial charge is 0.00388 e. The minimum absolute atomic E-state index is 0.687. The van der Waals surface area contributed by atoms with Gasteiger partial charge < -0.3 is 5.32 Å². The van der Waals surface area contributed by atoms with Crippen LogP contribution in [-0.2, 0) is 0 Å². The topological polar surface area (TPSA) is 12.0 Å². The molecule has 16 heavy (non-hydrogen) atoms. The Kier molecular flexibility index (Phi) is 9.02. The first-order chi connectivity index (χ1) is 7.49. The van der Waals surface area contributed by atoms with Crippen molar-refractivity contribution in [2.24, 2.45) is 17.8 Å². The van der Waals surface area contributed by atoms with E-state index in [1.54, 1.807) is 0 Å². The van der Waals surface area contributed by atoms with Crippen LogP contribution in [0.4, 0.5) is 0 Å². The van der Waals surface area contributed by atoms with Gasteiger partial charge in [0, 0.05) is 6.04 Å². The molecule has 0 amide bonds. The maximum Gasteiger partial charge on any atom is 0.00388 e. The zero-order valence-electron chi connectivity index (χ0n) is 12.3. The number of nitrogens with one attached hydrogen (secondary N) is 1. The molecule has 1 unspecified atom stereocenters. The van der Waals surface area contributed by atoms with Gasteiger partial charge in [-0.3, -0.25) is 0 Å². The van der Waals surface area contributed by atoms with Crippen molar-refractivity contribution in [2.75, 3.05) is 6.54 Å². The number of hydrogen-bond acceptors (Lipinski definition) is 1. The summed E-state index contributed by atoms with van der Waals surface area (Å²) in [5.74, 6) is 2.39. The maximum absolute atomic E-state index is 3.70. The van der Waals surface area contributed by atoms with E-state index in [1.165, 1.54) is 32.2 Å². The summed E-state index contributed by atoms with van der Waals surface area (Å²) in [5, 5.41) is 3.70. The Morgan fingerprint density at radius 1 is 0.875 bits per heavy atom. The molecular weight excluding hydrogens is 194 g/mol. The van der Waals surface area contributed by atoms with Gasteiger partial charge in [0.1, 0.15) is 0 Å². The van der Waals surface area contributed by atoms with Gasteiger partial charge in [0.05, 0.1) is 0 Å². The van der Waals surface area contributed by atoms with Gasteiger partial charge in [0.25, 0.3) is 0 Å². The number of unbranched alkanes of at least 4 members (excludes halogenated alkanes) is 2. The molecule has 0 aromatic carbocycles. The summed E-state index contributed by atoms with van der Waals surface area (Å²) in [5.41, 5.74) is 0. The van der Waals surface area contributed by atoms with Crippen LogP contribution in [0.5, 0.6) is 0 Å². The van der Waals surface area contributed by atoms with Crippen LogP contribution in [-0.4, -0.2) is 12.6 Å². The zero-order valence-corrected chi connectivity index (χ0v) is 12.3. The Bertz CT molecular complexity index is 144. The van der Waals surface area contributed by atoms with Crippen LogP contribution < -0.4 is 5.32 Å². The first-order valence-corrected chi connectivity index (χ1v) is 7.22. The van der Waals surface area contributed by atoms with Gasteiger partial charge in [-0.2, -0.15) is 0 Å². The third-order valence-corrected chi connectivity index (χ3v) is 3.66. The molecule has 0 aromatic heterocycles. The molecule has 0 radical (unpaired) electrons. The second kappa shape index (κ2) is 9.04. The number of hydrogen-bond donors (Lipinski definition) is 1. The Morgan fingerprint density at radius 3 is 1.88 bits per heavy atom. The molecule has 0 rings (SSSR count). The molecule has 0 aliphatic rings. The van der Waals surface area contributed by atoms with Gasteiger partial charge in [-0.05, 0) is 37.6 Å². The van der Waals surface area contributed by atoms with E-state index in [-0.39, 0.29) is 0 Å². The Labute approximate surface area is 103 Å². The highest BCUT2D eigenvalue weighted by Crippen LogP contribution is 2.19. The van der Waals surface area contributed by atoms with E-state index in [9.17, 15) is 0 Å². The van der Waals surface area contributed by atoms with Crippen molar-refractivity contribution >= 4 is 0 Å². The Balaban J connectivity index is 3.74. The highest BCUT2D eigenvalue weighted by molar-refractivity contribution is 4.71. The molecule has 0 fully saturated rings. The van der Waals surface area contributed by atoms with Crippen molar-refractivity contribution in [2.45, 2.75) is 73.3 Å². The SMILES string of the molecule is CCCCCC(C)NCC(C(C)C)C(C)C. The summed E-state index contributed by atoms with van der Waals surface area (Å²) in [6.07, 6.45) is 5.41. The highest BCUT2D eigenvalue weighted by atomic mass is 14.9. The average Bonchev–Trinajstić information content (AvgIpc) is 2.17. The van der Waals surface area contributed by atoms with Gasteiger partial charge >= 0.3 is 0 Å². The van der Waals surface area contributed by atoms with Crippen molar-refractivity contribution in [3.8, 4) is 0 Å². The molecule has 0 aromatic rings. The van der Waals surface area contributed by atoms with E-state index in [0.717, 1.165) is 17.8 Å². The molecule has 0 saturated carbocycles. The van der Waals surface area contributed by atoms with Gasteiger partial charge in [-0.1, -0.05) is 53.9 Å². The predicted octanol–water partition coefficient (Wildman–Crippen LogP) is 4.47. The molecule has 0 bridgehead atoms. The van der Waals surface area contributed by atoms with E-state index in [0.29, 0.717) is 6.04 Å². The Hall–Kier alpha value is -0.0400. The fourth-order valence-electron chi connectivity index (χ4n) is 2.38. The molecule has 1 atom stereocenters. The van der Waals surface area contributed by atoms with Gasteiger partial charge in [0.2, 0.25) is 0 Å². The van der Waals surface area contributed by atoms with E-state index in [4.69, 9.17) is 0 Å². The maximum atomic E-state index is 3.70. The van der Waals surface area contributed by atoms with E-state index >= 15 is 0 Å². The molecule has 1 nitrogen and oxygen atoms in total. The van der Waals surface area contributed by atoms with Crippen LogP contribution in [0.3, 0.4) is 0 Å². The van der Waals surface area contributed by atoms with Crippen LogP contribution in [0, 0.1) is 17.8 Å². The van der Waals surface area contributed by atoms with Crippen molar-refractivity contribution in [1.29, 1.82) is 0 Å². The lowest BCUT2D eigenvalue weighted by Crippen LogP contribution is -2.35. The van der Waals surface area contributed by atoms with Crippen LogP contribution in [0.25, 0.3) is 0 Å². The first kappa shape index (κ1) is 16.0. The lowest BCUT2D eigenvalue weighted by molar-refractivity contribution is 0.264.